The molecule has 0 spiro atoms. The third-order valence-electron chi connectivity index (χ3n) is 4.61. The average Bonchev–Trinajstić information content (AvgIpc) is 3.09. The molecule has 25 heavy (non-hydrogen) atoms. The molecule has 2 heterocycles. The van der Waals surface area contributed by atoms with Gasteiger partial charge in [-0.15, -0.1) is 0 Å². The number of rotatable bonds is 8. The fraction of sp³-hybridized carbons (Fsp3) is 0.833. The molecule has 1 aromatic rings. The van der Waals surface area contributed by atoms with E-state index in [0.717, 1.165) is 18.3 Å². The number of hydrogen-bond acceptors (Lipinski definition) is 5. The van der Waals surface area contributed by atoms with Crippen LogP contribution in [0, 0.1) is 0 Å². The number of nitrogens with zero attached hydrogens (tertiary/aromatic N) is 4. The van der Waals surface area contributed by atoms with Gasteiger partial charge in [-0.1, -0.05) is 32.3 Å². The molecule has 1 aliphatic rings. The third-order valence-corrected chi connectivity index (χ3v) is 4.61. The van der Waals surface area contributed by atoms with E-state index in [0.29, 0.717) is 24.3 Å². The Hall–Kier alpha value is -1.63. The molecule has 2 N–H and O–H groups in total. The summed E-state index contributed by atoms with van der Waals surface area (Å²) in [5.41, 5.74) is 0. The van der Waals surface area contributed by atoms with Crippen LogP contribution in [0.3, 0.4) is 0 Å². The van der Waals surface area contributed by atoms with Crippen molar-refractivity contribution >= 4 is 5.96 Å². The molecule has 1 saturated heterocycles. The fourth-order valence-corrected chi connectivity index (χ4v) is 2.96. The van der Waals surface area contributed by atoms with Gasteiger partial charge in [-0.3, -0.25) is 4.99 Å². The van der Waals surface area contributed by atoms with E-state index in [1.165, 1.54) is 45.3 Å². The predicted molar refractivity (Wildman–Crippen MR) is 101 cm³/mol. The van der Waals surface area contributed by atoms with E-state index in [9.17, 15) is 0 Å². The fourth-order valence-electron chi connectivity index (χ4n) is 2.96. The Kier molecular flexibility index (Phi) is 8.18. The second-order valence-electron chi connectivity index (χ2n) is 7.06. The van der Waals surface area contributed by atoms with Crippen molar-refractivity contribution in [1.29, 1.82) is 0 Å². The van der Waals surface area contributed by atoms with Gasteiger partial charge in [0.1, 0.15) is 0 Å². The number of nitrogens with one attached hydrogen (secondary N) is 2. The average molecular weight is 351 g/mol. The molecular formula is C18H34N6O. The highest BCUT2D eigenvalue weighted by atomic mass is 16.5. The first kappa shape index (κ1) is 19.7. The Balaban J connectivity index is 1.67. The first-order valence-corrected chi connectivity index (χ1v) is 9.64. The molecule has 0 aromatic carbocycles. The summed E-state index contributed by atoms with van der Waals surface area (Å²) in [4.78, 5) is 11.3. The largest absolute Gasteiger partial charge is 0.356 e. The molecular weight excluding hydrogens is 316 g/mol. The van der Waals surface area contributed by atoms with Crippen molar-refractivity contribution in [1.82, 2.24) is 25.7 Å². The molecule has 1 aromatic heterocycles. The van der Waals surface area contributed by atoms with E-state index in [2.05, 4.69) is 51.4 Å². The van der Waals surface area contributed by atoms with Crippen LogP contribution in [0.4, 0.5) is 0 Å². The smallest absolute Gasteiger partial charge is 0.228 e. The molecule has 0 atom stereocenters. The van der Waals surface area contributed by atoms with Crippen LogP contribution in [-0.4, -0.2) is 60.3 Å². The number of hydrogen-bond donors (Lipinski definition) is 2. The lowest BCUT2D eigenvalue weighted by atomic mass is 10.0. The van der Waals surface area contributed by atoms with Crippen molar-refractivity contribution in [2.75, 3.05) is 33.2 Å². The molecule has 0 amide bonds. The Morgan fingerprint density at radius 2 is 2.12 bits per heavy atom. The van der Waals surface area contributed by atoms with Gasteiger partial charge >= 0.3 is 0 Å². The molecule has 0 bridgehead atoms. The van der Waals surface area contributed by atoms with Crippen molar-refractivity contribution < 1.29 is 4.52 Å². The summed E-state index contributed by atoms with van der Waals surface area (Å²) < 4.78 is 5.27. The summed E-state index contributed by atoms with van der Waals surface area (Å²) in [6.45, 7) is 10.7. The second kappa shape index (κ2) is 10.4. The number of aromatic nitrogens is 2. The van der Waals surface area contributed by atoms with Gasteiger partial charge in [-0.05, 0) is 25.8 Å². The molecule has 142 valence electrons. The van der Waals surface area contributed by atoms with Gasteiger partial charge < -0.3 is 20.1 Å². The second-order valence-corrected chi connectivity index (χ2v) is 7.06. The van der Waals surface area contributed by atoms with Crippen LogP contribution in [0.1, 0.15) is 64.1 Å². The third kappa shape index (κ3) is 6.65. The standard InChI is InChI=1S/C18H34N6O/c1-5-6-11-24-12-8-15(9-13-24)21-18(19-4)20-10-7-16-22-17(14(2)3)23-25-16/h14-15H,5-13H2,1-4H3,(H2,19,20,21). The predicted octanol–water partition coefficient (Wildman–Crippen LogP) is 2.16. The van der Waals surface area contributed by atoms with Crippen molar-refractivity contribution in [3.05, 3.63) is 11.7 Å². The van der Waals surface area contributed by atoms with Gasteiger partial charge in [-0.2, -0.15) is 4.98 Å². The SMILES string of the molecule is CCCCN1CCC(NC(=NC)NCCc2nc(C(C)C)no2)CC1. The van der Waals surface area contributed by atoms with E-state index in [4.69, 9.17) is 4.52 Å². The Labute approximate surface area is 151 Å². The van der Waals surface area contributed by atoms with E-state index < -0.39 is 0 Å². The van der Waals surface area contributed by atoms with E-state index in [-0.39, 0.29) is 0 Å². The van der Waals surface area contributed by atoms with Crippen molar-refractivity contribution in [3.8, 4) is 0 Å². The van der Waals surface area contributed by atoms with Gasteiger partial charge in [0, 0.05) is 45.1 Å². The summed E-state index contributed by atoms with van der Waals surface area (Å²) in [6.07, 6.45) is 5.62. The number of aliphatic imine (C=N–C) groups is 1. The minimum absolute atomic E-state index is 0.295. The number of unbranched alkanes of at least 4 members (excludes halogenated alkanes) is 1. The maximum atomic E-state index is 5.27. The summed E-state index contributed by atoms with van der Waals surface area (Å²) >= 11 is 0. The number of piperidine rings is 1. The molecule has 0 saturated carbocycles. The van der Waals surface area contributed by atoms with Crippen LogP contribution < -0.4 is 10.6 Å². The molecule has 1 fully saturated rings. The summed E-state index contributed by atoms with van der Waals surface area (Å²) in [5.74, 6) is 2.60. The van der Waals surface area contributed by atoms with Gasteiger partial charge in [0.05, 0.1) is 0 Å². The lowest BCUT2D eigenvalue weighted by molar-refractivity contribution is 0.203. The summed E-state index contributed by atoms with van der Waals surface area (Å²) in [5, 5.41) is 10.9. The summed E-state index contributed by atoms with van der Waals surface area (Å²) in [6, 6.07) is 0.500. The Morgan fingerprint density at radius 3 is 2.72 bits per heavy atom. The summed E-state index contributed by atoms with van der Waals surface area (Å²) in [7, 11) is 1.81. The van der Waals surface area contributed by atoms with Gasteiger partial charge in [0.25, 0.3) is 0 Å². The van der Waals surface area contributed by atoms with Crippen LogP contribution in [-0.2, 0) is 6.42 Å². The minimum Gasteiger partial charge on any atom is -0.356 e. The van der Waals surface area contributed by atoms with Crippen LogP contribution in [0.25, 0.3) is 0 Å². The van der Waals surface area contributed by atoms with E-state index in [1.807, 2.05) is 7.05 Å². The lowest BCUT2D eigenvalue weighted by Gasteiger charge is -2.33. The molecule has 0 radical (unpaired) electrons. The topological polar surface area (TPSA) is 78.6 Å². The maximum absolute atomic E-state index is 5.27. The first-order chi connectivity index (χ1) is 12.1. The molecule has 0 unspecified atom stereocenters. The zero-order valence-electron chi connectivity index (χ0n) is 16.2. The highest BCUT2D eigenvalue weighted by molar-refractivity contribution is 5.79. The quantitative estimate of drug-likeness (QED) is 0.553. The van der Waals surface area contributed by atoms with Crippen molar-refractivity contribution in [2.24, 2.45) is 4.99 Å². The van der Waals surface area contributed by atoms with Crippen LogP contribution in [0.2, 0.25) is 0 Å². The monoisotopic (exact) mass is 350 g/mol. The molecule has 7 nitrogen and oxygen atoms in total. The van der Waals surface area contributed by atoms with E-state index in [1.54, 1.807) is 0 Å². The maximum Gasteiger partial charge on any atom is 0.228 e. The number of likely N-dealkylation sites (tertiary alicyclic amines) is 1. The Morgan fingerprint density at radius 1 is 1.36 bits per heavy atom. The van der Waals surface area contributed by atoms with Crippen LogP contribution in [0.5, 0.6) is 0 Å². The van der Waals surface area contributed by atoms with Crippen LogP contribution >= 0.6 is 0 Å². The van der Waals surface area contributed by atoms with Gasteiger partial charge in [-0.25, -0.2) is 0 Å². The molecule has 1 aliphatic heterocycles. The zero-order chi connectivity index (χ0) is 18.1. The minimum atomic E-state index is 0.295. The number of guanidine groups is 1. The normalized spacial score (nSPS) is 17.2. The van der Waals surface area contributed by atoms with Gasteiger partial charge in [0.15, 0.2) is 11.8 Å². The molecule has 2 rings (SSSR count). The lowest BCUT2D eigenvalue weighted by Crippen LogP contribution is -2.49. The van der Waals surface area contributed by atoms with Gasteiger partial charge in [0.2, 0.25) is 5.89 Å². The molecule has 0 aliphatic carbocycles. The highest BCUT2D eigenvalue weighted by Crippen LogP contribution is 2.11. The van der Waals surface area contributed by atoms with Crippen LogP contribution in [0.15, 0.2) is 9.52 Å². The first-order valence-electron chi connectivity index (χ1n) is 9.64. The zero-order valence-corrected chi connectivity index (χ0v) is 16.2. The van der Waals surface area contributed by atoms with E-state index >= 15 is 0 Å². The highest BCUT2D eigenvalue weighted by Gasteiger charge is 2.19. The Bertz CT molecular complexity index is 519. The van der Waals surface area contributed by atoms with Crippen molar-refractivity contribution in [2.45, 2.75) is 64.8 Å². The van der Waals surface area contributed by atoms with Crippen molar-refractivity contribution in [3.63, 3.8) is 0 Å². The molecule has 7 heteroatoms.